The molecule has 0 saturated carbocycles. The number of hydrogen-bond donors (Lipinski definition) is 1. The third kappa shape index (κ3) is 3.67. The zero-order valence-electron chi connectivity index (χ0n) is 10.8. The largest absolute Gasteiger partial charge is 0.416 e. The number of benzene rings is 2. The molecule has 0 aromatic heterocycles. The molecule has 0 saturated heterocycles. The first-order valence-electron chi connectivity index (χ1n) is 6.02. The van der Waals surface area contributed by atoms with Gasteiger partial charge >= 0.3 is 6.18 Å². The normalized spacial score (nSPS) is 11.4. The molecule has 2 rings (SSSR count). The van der Waals surface area contributed by atoms with E-state index in [1.165, 1.54) is 12.1 Å². The van der Waals surface area contributed by atoms with E-state index in [9.17, 15) is 13.2 Å². The zero-order valence-corrected chi connectivity index (χ0v) is 11.5. The average molecular weight is 300 g/mol. The van der Waals surface area contributed by atoms with Crippen molar-refractivity contribution in [1.29, 1.82) is 0 Å². The van der Waals surface area contributed by atoms with E-state index in [4.69, 9.17) is 11.6 Å². The van der Waals surface area contributed by atoms with Crippen LogP contribution in [0.2, 0.25) is 5.02 Å². The fourth-order valence-corrected chi connectivity index (χ4v) is 1.90. The summed E-state index contributed by atoms with van der Waals surface area (Å²) in [5.74, 6) is 0. The molecule has 2 aromatic carbocycles. The van der Waals surface area contributed by atoms with Crippen molar-refractivity contribution in [1.82, 2.24) is 0 Å². The van der Waals surface area contributed by atoms with E-state index in [1.54, 1.807) is 6.07 Å². The van der Waals surface area contributed by atoms with Crippen molar-refractivity contribution in [3.05, 3.63) is 64.2 Å². The minimum absolute atomic E-state index is 0.442. The van der Waals surface area contributed by atoms with E-state index in [1.807, 2.05) is 19.1 Å². The number of alkyl halides is 3. The predicted molar refractivity (Wildman–Crippen MR) is 75.0 cm³/mol. The summed E-state index contributed by atoms with van der Waals surface area (Å²) in [6, 6.07) is 10.7. The van der Waals surface area contributed by atoms with E-state index < -0.39 is 11.7 Å². The second-order valence-corrected chi connectivity index (χ2v) is 4.92. The van der Waals surface area contributed by atoms with E-state index in [2.05, 4.69) is 5.32 Å². The van der Waals surface area contributed by atoms with Crippen LogP contribution in [0.5, 0.6) is 0 Å². The van der Waals surface area contributed by atoms with Crippen LogP contribution in [0.25, 0.3) is 0 Å². The smallest absolute Gasteiger partial charge is 0.381 e. The van der Waals surface area contributed by atoms with Crippen LogP contribution in [0.4, 0.5) is 18.9 Å². The first kappa shape index (κ1) is 14.7. The fraction of sp³-hybridized carbons (Fsp3) is 0.200. The Balaban J connectivity index is 2.02. The summed E-state index contributed by atoms with van der Waals surface area (Å²) in [5, 5.41) is 3.78. The highest BCUT2D eigenvalue weighted by molar-refractivity contribution is 6.31. The number of anilines is 1. The highest BCUT2D eigenvalue weighted by Gasteiger charge is 2.29. The maximum Gasteiger partial charge on any atom is 0.416 e. The molecule has 0 bridgehead atoms. The molecular formula is C15H13ClF3N. The summed E-state index contributed by atoms with van der Waals surface area (Å²) in [5.41, 5.74) is 1.95. The third-order valence-corrected chi connectivity index (χ3v) is 3.36. The Morgan fingerprint density at radius 2 is 1.70 bits per heavy atom. The van der Waals surface area contributed by atoms with E-state index >= 15 is 0 Å². The van der Waals surface area contributed by atoms with Gasteiger partial charge in [-0.3, -0.25) is 0 Å². The van der Waals surface area contributed by atoms with Gasteiger partial charge in [0.2, 0.25) is 0 Å². The van der Waals surface area contributed by atoms with Gasteiger partial charge in [-0.2, -0.15) is 13.2 Å². The molecule has 20 heavy (non-hydrogen) atoms. The Morgan fingerprint density at radius 1 is 1.05 bits per heavy atom. The standard InChI is InChI=1S/C15H13ClF3N/c1-10-2-7-13(8-14(10)16)20-9-11-3-5-12(6-4-11)15(17,18)19/h2-8,20H,9H2,1H3. The number of halogens is 4. The average Bonchev–Trinajstić information content (AvgIpc) is 2.40. The van der Waals surface area contributed by atoms with Gasteiger partial charge in [-0.05, 0) is 42.3 Å². The maximum atomic E-state index is 12.4. The SMILES string of the molecule is Cc1ccc(NCc2ccc(C(F)(F)F)cc2)cc1Cl. The molecule has 0 atom stereocenters. The second kappa shape index (κ2) is 5.75. The molecule has 1 nitrogen and oxygen atoms in total. The third-order valence-electron chi connectivity index (χ3n) is 2.95. The Labute approximate surface area is 120 Å². The molecule has 0 aliphatic carbocycles. The van der Waals surface area contributed by atoms with Crippen LogP contribution >= 0.6 is 11.6 Å². The quantitative estimate of drug-likeness (QED) is 0.813. The van der Waals surface area contributed by atoms with Crippen molar-refractivity contribution in [3.8, 4) is 0 Å². The van der Waals surface area contributed by atoms with Gasteiger partial charge in [0.05, 0.1) is 5.56 Å². The molecule has 0 heterocycles. The van der Waals surface area contributed by atoms with Crippen molar-refractivity contribution in [2.24, 2.45) is 0 Å². The van der Waals surface area contributed by atoms with Gasteiger partial charge in [0.25, 0.3) is 0 Å². The van der Waals surface area contributed by atoms with Gasteiger partial charge in [-0.25, -0.2) is 0 Å². The number of hydrogen-bond acceptors (Lipinski definition) is 1. The molecule has 2 aromatic rings. The molecule has 0 aliphatic heterocycles. The molecule has 0 unspecified atom stereocenters. The molecule has 0 fully saturated rings. The Bertz CT molecular complexity index is 591. The lowest BCUT2D eigenvalue weighted by atomic mass is 10.1. The lowest BCUT2D eigenvalue weighted by Crippen LogP contribution is -2.05. The lowest BCUT2D eigenvalue weighted by Gasteiger charge is -2.10. The van der Waals surface area contributed by atoms with Gasteiger partial charge in [0.1, 0.15) is 0 Å². The van der Waals surface area contributed by atoms with Crippen LogP contribution in [0.1, 0.15) is 16.7 Å². The summed E-state index contributed by atoms with van der Waals surface area (Å²) in [6.07, 6.45) is -4.30. The number of aryl methyl sites for hydroxylation is 1. The van der Waals surface area contributed by atoms with Gasteiger partial charge in [-0.1, -0.05) is 29.8 Å². The van der Waals surface area contributed by atoms with E-state index in [0.29, 0.717) is 11.6 Å². The van der Waals surface area contributed by atoms with Gasteiger partial charge in [-0.15, -0.1) is 0 Å². The highest BCUT2D eigenvalue weighted by Crippen LogP contribution is 2.29. The summed E-state index contributed by atoms with van der Waals surface area (Å²) in [7, 11) is 0. The summed E-state index contributed by atoms with van der Waals surface area (Å²) in [6.45, 7) is 2.35. The van der Waals surface area contributed by atoms with Crippen LogP contribution in [0.3, 0.4) is 0 Å². The summed E-state index contributed by atoms with van der Waals surface area (Å²) >= 11 is 6.00. The highest BCUT2D eigenvalue weighted by atomic mass is 35.5. The van der Waals surface area contributed by atoms with Crippen LogP contribution in [0, 0.1) is 6.92 Å². The Morgan fingerprint density at radius 3 is 2.25 bits per heavy atom. The molecule has 0 aliphatic rings. The van der Waals surface area contributed by atoms with Crippen LogP contribution < -0.4 is 5.32 Å². The van der Waals surface area contributed by atoms with Crippen molar-refractivity contribution in [3.63, 3.8) is 0 Å². The zero-order chi connectivity index (χ0) is 14.8. The molecule has 0 amide bonds. The topological polar surface area (TPSA) is 12.0 Å². The van der Waals surface area contributed by atoms with Crippen molar-refractivity contribution in [2.45, 2.75) is 19.6 Å². The molecule has 0 radical (unpaired) electrons. The predicted octanol–water partition coefficient (Wildman–Crippen LogP) is 5.28. The fourth-order valence-electron chi connectivity index (χ4n) is 1.72. The van der Waals surface area contributed by atoms with Gasteiger partial charge in [0.15, 0.2) is 0 Å². The Hall–Kier alpha value is -1.68. The summed E-state index contributed by atoms with van der Waals surface area (Å²) in [4.78, 5) is 0. The van der Waals surface area contributed by atoms with Crippen molar-refractivity contribution in [2.75, 3.05) is 5.32 Å². The molecule has 0 spiro atoms. The van der Waals surface area contributed by atoms with Crippen LogP contribution in [-0.2, 0) is 12.7 Å². The first-order chi connectivity index (χ1) is 9.36. The molecule has 1 N–H and O–H groups in total. The van der Waals surface area contributed by atoms with Crippen LogP contribution in [0.15, 0.2) is 42.5 Å². The van der Waals surface area contributed by atoms with Crippen molar-refractivity contribution < 1.29 is 13.2 Å². The minimum Gasteiger partial charge on any atom is -0.381 e. The van der Waals surface area contributed by atoms with Gasteiger partial charge < -0.3 is 5.32 Å². The van der Waals surface area contributed by atoms with E-state index in [0.717, 1.165) is 28.9 Å². The molecule has 5 heteroatoms. The summed E-state index contributed by atoms with van der Waals surface area (Å²) < 4.78 is 37.3. The first-order valence-corrected chi connectivity index (χ1v) is 6.40. The molecular weight excluding hydrogens is 287 g/mol. The molecule has 106 valence electrons. The lowest BCUT2D eigenvalue weighted by molar-refractivity contribution is -0.137. The monoisotopic (exact) mass is 299 g/mol. The minimum atomic E-state index is -4.30. The maximum absolute atomic E-state index is 12.4. The second-order valence-electron chi connectivity index (χ2n) is 4.51. The number of rotatable bonds is 3. The van der Waals surface area contributed by atoms with E-state index in [-0.39, 0.29) is 0 Å². The number of nitrogens with one attached hydrogen (secondary N) is 1. The van der Waals surface area contributed by atoms with Crippen LogP contribution in [-0.4, -0.2) is 0 Å². The Kier molecular flexibility index (Phi) is 4.23. The van der Waals surface area contributed by atoms with Gasteiger partial charge in [0, 0.05) is 17.3 Å². The van der Waals surface area contributed by atoms with Crippen molar-refractivity contribution >= 4 is 17.3 Å².